The molecule has 0 saturated carbocycles. The molecule has 2 aliphatic rings. The average molecular weight is 399 g/mol. The van der Waals surface area contributed by atoms with E-state index in [9.17, 15) is 18.0 Å². The summed E-state index contributed by atoms with van der Waals surface area (Å²) in [5.41, 5.74) is 0.553. The second kappa shape index (κ2) is 6.86. The van der Waals surface area contributed by atoms with Gasteiger partial charge in [-0.25, -0.2) is 4.98 Å². The number of hydrogen-bond acceptors (Lipinski definition) is 5. The number of amides is 1. The van der Waals surface area contributed by atoms with Crippen LogP contribution in [0.1, 0.15) is 34.6 Å². The second-order valence-corrected chi connectivity index (χ2v) is 8.88. The monoisotopic (exact) mass is 399 g/mol. The first-order chi connectivity index (χ1) is 12.4. The Labute approximate surface area is 156 Å². The summed E-state index contributed by atoms with van der Waals surface area (Å²) in [6, 6.07) is 7.94. The van der Waals surface area contributed by atoms with Gasteiger partial charge in [-0.3, -0.25) is 4.79 Å². The zero-order chi connectivity index (χ0) is 18.3. The number of fused-ring (bicyclic) bond motifs is 2. The maximum atomic E-state index is 12.6. The predicted octanol–water partition coefficient (Wildman–Crippen LogP) is 3.94. The Hall–Kier alpha value is -1.58. The molecule has 138 valence electrons. The summed E-state index contributed by atoms with van der Waals surface area (Å²) in [6.07, 6.45) is 0.0503. The molecule has 0 aliphatic carbocycles. The molecule has 1 aromatic carbocycles. The Morgan fingerprint density at radius 2 is 2.04 bits per heavy atom. The molecular formula is C17H16F3N3OS2. The molecule has 2 saturated heterocycles. The van der Waals surface area contributed by atoms with E-state index in [2.05, 4.69) is 15.6 Å². The van der Waals surface area contributed by atoms with Gasteiger partial charge in [0.25, 0.3) is 5.91 Å². The molecule has 2 N–H and O–H groups in total. The number of hydrogen-bond donors (Lipinski definition) is 2. The van der Waals surface area contributed by atoms with Crippen LogP contribution < -0.4 is 10.6 Å². The second-order valence-electron chi connectivity index (χ2n) is 6.47. The molecule has 0 spiro atoms. The number of alkyl halides is 3. The normalized spacial score (nSPS) is 24.8. The molecule has 2 aliphatic heterocycles. The molecule has 26 heavy (non-hydrogen) atoms. The van der Waals surface area contributed by atoms with E-state index in [0.29, 0.717) is 33.2 Å². The lowest BCUT2D eigenvalue weighted by Gasteiger charge is -2.21. The molecule has 0 unspecified atom stereocenters. The number of nitrogens with zero attached hydrogens (tertiary/aromatic N) is 1. The van der Waals surface area contributed by atoms with Gasteiger partial charge in [-0.1, -0.05) is 11.8 Å². The van der Waals surface area contributed by atoms with Gasteiger partial charge in [0.1, 0.15) is 0 Å². The highest BCUT2D eigenvalue weighted by molar-refractivity contribution is 8.01. The van der Waals surface area contributed by atoms with Crippen molar-refractivity contribution in [1.82, 2.24) is 15.6 Å². The summed E-state index contributed by atoms with van der Waals surface area (Å²) in [7, 11) is 0. The number of rotatable bonds is 4. The van der Waals surface area contributed by atoms with Crippen molar-refractivity contribution in [2.45, 2.75) is 52.7 Å². The molecule has 2 fully saturated rings. The van der Waals surface area contributed by atoms with Crippen molar-refractivity contribution < 1.29 is 18.0 Å². The third-order valence-corrected chi connectivity index (χ3v) is 6.83. The van der Waals surface area contributed by atoms with Crippen molar-refractivity contribution in [2.75, 3.05) is 0 Å². The summed E-state index contributed by atoms with van der Waals surface area (Å²) in [4.78, 5) is 16.6. The molecule has 2 bridgehead atoms. The van der Waals surface area contributed by atoms with Gasteiger partial charge in [-0.15, -0.1) is 11.3 Å². The number of aromatic nitrogens is 1. The Balaban J connectivity index is 1.37. The van der Waals surface area contributed by atoms with Gasteiger partial charge in [0.05, 0.1) is 10.4 Å². The molecule has 4 rings (SSSR count). The maximum Gasteiger partial charge on any atom is 0.443 e. The molecule has 1 aromatic heterocycles. The molecule has 2 aromatic rings. The first kappa shape index (κ1) is 17.8. The van der Waals surface area contributed by atoms with Crippen molar-refractivity contribution in [3.05, 3.63) is 41.0 Å². The van der Waals surface area contributed by atoms with E-state index in [1.807, 2.05) is 0 Å². The smallest absolute Gasteiger partial charge is 0.348 e. The fraction of sp³-hybridized carbons (Fsp3) is 0.412. The standard InChI is InChI=1S/C17H16F3N3OS2/c18-17(19,20)16-21-8-14(26-16)25-11-4-1-9(2-5-11)15(24)23-13-7-10-3-6-12(13)22-10/h1-2,4-5,8,10,12-13,22H,3,6-7H2,(H,23,24)/t10-,12+,13-/m1/s1. The molecular weight excluding hydrogens is 383 g/mol. The van der Waals surface area contributed by atoms with E-state index in [-0.39, 0.29) is 11.9 Å². The van der Waals surface area contributed by atoms with Crippen molar-refractivity contribution in [3.8, 4) is 0 Å². The van der Waals surface area contributed by atoms with Gasteiger partial charge in [-0.05, 0) is 43.5 Å². The highest BCUT2D eigenvalue weighted by Crippen LogP contribution is 2.38. The maximum absolute atomic E-state index is 12.6. The van der Waals surface area contributed by atoms with Crippen molar-refractivity contribution in [2.24, 2.45) is 0 Å². The van der Waals surface area contributed by atoms with Gasteiger partial charge < -0.3 is 10.6 Å². The van der Waals surface area contributed by atoms with Gasteiger partial charge in [0.2, 0.25) is 0 Å². The lowest BCUT2D eigenvalue weighted by atomic mass is 9.95. The van der Waals surface area contributed by atoms with Crippen LogP contribution in [0.4, 0.5) is 13.2 Å². The number of thiazole rings is 1. The Bertz CT molecular complexity index is 806. The highest BCUT2D eigenvalue weighted by Gasteiger charge is 2.39. The molecule has 4 nitrogen and oxygen atoms in total. The summed E-state index contributed by atoms with van der Waals surface area (Å²) in [6.45, 7) is 0. The van der Waals surface area contributed by atoms with Crippen LogP contribution in [0.5, 0.6) is 0 Å². The molecule has 3 heterocycles. The summed E-state index contributed by atoms with van der Waals surface area (Å²) in [5.74, 6) is -0.113. The van der Waals surface area contributed by atoms with Gasteiger partial charge >= 0.3 is 6.18 Å². The van der Waals surface area contributed by atoms with Crippen molar-refractivity contribution in [1.29, 1.82) is 0 Å². The van der Waals surface area contributed by atoms with Crippen LogP contribution >= 0.6 is 23.1 Å². The van der Waals surface area contributed by atoms with E-state index in [0.717, 1.165) is 17.7 Å². The summed E-state index contributed by atoms with van der Waals surface area (Å²) >= 11 is 1.82. The lowest BCUT2D eigenvalue weighted by Crippen LogP contribution is -2.42. The fourth-order valence-corrected chi connectivity index (χ4v) is 5.28. The summed E-state index contributed by atoms with van der Waals surface area (Å²) < 4.78 is 38.2. The van der Waals surface area contributed by atoms with E-state index in [1.54, 1.807) is 24.3 Å². The molecule has 9 heteroatoms. The average Bonchev–Trinajstić information content (AvgIpc) is 3.31. The Morgan fingerprint density at radius 1 is 1.27 bits per heavy atom. The number of carbonyl (C=O) groups is 1. The van der Waals surface area contributed by atoms with Crippen LogP contribution in [0, 0.1) is 0 Å². The van der Waals surface area contributed by atoms with Crippen LogP contribution in [-0.2, 0) is 6.18 Å². The zero-order valence-corrected chi connectivity index (χ0v) is 15.2. The van der Waals surface area contributed by atoms with Crippen LogP contribution in [0.15, 0.2) is 39.6 Å². The van der Waals surface area contributed by atoms with Gasteiger partial charge in [0, 0.05) is 28.6 Å². The highest BCUT2D eigenvalue weighted by atomic mass is 32.2. The number of nitrogens with one attached hydrogen (secondary N) is 2. The third-order valence-electron chi connectivity index (χ3n) is 4.68. The molecule has 0 radical (unpaired) electrons. The van der Waals surface area contributed by atoms with Crippen molar-refractivity contribution in [3.63, 3.8) is 0 Å². The molecule has 3 atom stereocenters. The Kier molecular flexibility index (Phi) is 4.70. The molecule has 1 amide bonds. The van der Waals surface area contributed by atoms with E-state index >= 15 is 0 Å². The van der Waals surface area contributed by atoms with Crippen LogP contribution in [0.2, 0.25) is 0 Å². The van der Waals surface area contributed by atoms with Gasteiger partial charge in [0.15, 0.2) is 5.01 Å². The van der Waals surface area contributed by atoms with Crippen LogP contribution in [0.25, 0.3) is 0 Å². The predicted molar refractivity (Wildman–Crippen MR) is 93.5 cm³/mol. The minimum atomic E-state index is -4.42. The first-order valence-corrected chi connectivity index (χ1v) is 9.89. The number of benzene rings is 1. The summed E-state index contributed by atoms with van der Waals surface area (Å²) in [5, 5.41) is 5.70. The topological polar surface area (TPSA) is 54.0 Å². The van der Waals surface area contributed by atoms with E-state index in [1.165, 1.54) is 24.4 Å². The third kappa shape index (κ3) is 3.74. The SMILES string of the molecule is O=C(N[C@@H]1C[C@H]2CC[C@@H]1N2)c1ccc(Sc2cnc(C(F)(F)F)s2)cc1. The van der Waals surface area contributed by atoms with Crippen LogP contribution in [-0.4, -0.2) is 29.0 Å². The quantitative estimate of drug-likeness (QED) is 0.818. The van der Waals surface area contributed by atoms with Crippen LogP contribution in [0.3, 0.4) is 0 Å². The van der Waals surface area contributed by atoms with E-state index < -0.39 is 11.2 Å². The van der Waals surface area contributed by atoms with Crippen molar-refractivity contribution >= 4 is 29.0 Å². The zero-order valence-electron chi connectivity index (χ0n) is 13.5. The van der Waals surface area contributed by atoms with Gasteiger partial charge in [-0.2, -0.15) is 13.2 Å². The minimum Gasteiger partial charge on any atom is -0.348 e. The lowest BCUT2D eigenvalue weighted by molar-refractivity contribution is -0.137. The first-order valence-electron chi connectivity index (χ1n) is 8.26. The Morgan fingerprint density at radius 3 is 2.62 bits per heavy atom. The number of halogens is 3. The fourth-order valence-electron chi connectivity index (χ4n) is 3.46. The largest absolute Gasteiger partial charge is 0.443 e. The minimum absolute atomic E-state index is 0.113. The number of carbonyl (C=O) groups excluding carboxylic acids is 1. The van der Waals surface area contributed by atoms with E-state index in [4.69, 9.17) is 0 Å².